The largest absolute Gasteiger partial charge is 0.351 e. The molecule has 0 bridgehead atoms. The van der Waals surface area contributed by atoms with Crippen LogP contribution in [0.2, 0.25) is 0 Å². The zero-order valence-electron chi connectivity index (χ0n) is 15.0. The van der Waals surface area contributed by atoms with E-state index in [-0.39, 0.29) is 0 Å². The van der Waals surface area contributed by atoms with Crippen LogP contribution in [-0.4, -0.2) is 51.4 Å². The Morgan fingerprint density at radius 3 is 3.00 bits per heavy atom. The summed E-state index contributed by atoms with van der Waals surface area (Å²) in [5.74, 6) is 2.84. The van der Waals surface area contributed by atoms with E-state index in [1.165, 1.54) is 5.69 Å². The van der Waals surface area contributed by atoms with Crippen LogP contribution in [0.4, 0.5) is 0 Å². The quantitative estimate of drug-likeness (QED) is 0.686. The second-order valence-electron chi connectivity index (χ2n) is 6.63. The van der Waals surface area contributed by atoms with Crippen molar-refractivity contribution in [2.24, 2.45) is 10.9 Å². The summed E-state index contributed by atoms with van der Waals surface area (Å²) in [5, 5.41) is 4.16. The number of hydrogen-bond acceptors (Lipinski definition) is 3. The number of guanidine groups is 1. The van der Waals surface area contributed by atoms with Gasteiger partial charge in [0.2, 0.25) is 0 Å². The van der Waals surface area contributed by atoms with E-state index < -0.39 is 0 Å². The van der Waals surface area contributed by atoms with Crippen LogP contribution in [0.5, 0.6) is 0 Å². The molecule has 5 nitrogen and oxygen atoms in total. The Balaban J connectivity index is 1.66. The predicted octanol–water partition coefficient (Wildman–Crippen LogP) is 2.79. The number of hydrogen-bond donors (Lipinski definition) is 1. The van der Waals surface area contributed by atoms with Crippen molar-refractivity contribution >= 4 is 23.4 Å². The first-order chi connectivity index (χ1) is 11.6. The van der Waals surface area contributed by atoms with Gasteiger partial charge in [0.05, 0.1) is 12.2 Å². The van der Waals surface area contributed by atoms with E-state index in [9.17, 15) is 0 Å². The highest BCUT2D eigenvalue weighted by molar-refractivity contribution is 8.00. The van der Waals surface area contributed by atoms with Crippen molar-refractivity contribution in [1.29, 1.82) is 0 Å². The molecule has 0 aromatic carbocycles. The molecule has 24 heavy (non-hydrogen) atoms. The van der Waals surface area contributed by atoms with Crippen molar-refractivity contribution in [1.82, 2.24) is 19.6 Å². The van der Waals surface area contributed by atoms with Gasteiger partial charge >= 0.3 is 0 Å². The normalized spacial score (nSPS) is 19.3. The maximum Gasteiger partial charge on any atom is 0.194 e. The molecule has 0 aliphatic carbocycles. The lowest BCUT2D eigenvalue weighted by Gasteiger charge is -2.36. The maximum absolute atomic E-state index is 4.69. The number of aromatic nitrogens is 2. The smallest absolute Gasteiger partial charge is 0.194 e. The molecule has 0 saturated carbocycles. The number of rotatable bonds is 3. The highest BCUT2D eigenvalue weighted by Crippen LogP contribution is 2.24. The number of thioether (sulfide) groups is 1. The summed E-state index contributed by atoms with van der Waals surface area (Å²) in [7, 11) is 1.86. The van der Waals surface area contributed by atoms with Crippen molar-refractivity contribution in [2.45, 2.75) is 32.6 Å². The number of fused-ring (bicyclic) bond motifs is 1. The lowest BCUT2D eigenvalue weighted by Crippen LogP contribution is -2.48. The third-order valence-corrected chi connectivity index (χ3v) is 6.06. The Morgan fingerprint density at radius 2 is 2.29 bits per heavy atom. The van der Waals surface area contributed by atoms with Crippen molar-refractivity contribution in [3.05, 3.63) is 35.8 Å². The zero-order chi connectivity index (χ0) is 17.1. The fourth-order valence-corrected chi connectivity index (χ4v) is 4.36. The third-order valence-electron chi connectivity index (χ3n) is 4.52. The molecule has 1 saturated heterocycles. The molecule has 6 heteroatoms. The number of pyridine rings is 1. The van der Waals surface area contributed by atoms with Crippen molar-refractivity contribution in [2.75, 3.05) is 25.9 Å². The SMILES string of the molecule is CN=C(NCc1cn2c(C)cccc2n1)N1CCSC(C(C)C)C1. The molecule has 1 aliphatic heterocycles. The van der Waals surface area contributed by atoms with Crippen LogP contribution in [0.3, 0.4) is 0 Å². The molecule has 1 atom stereocenters. The average molecular weight is 346 g/mol. The minimum atomic E-state index is 0.676. The summed E-state index contributed by atoms with van der Waals surface area (Å²) in [6, 6.07) is 6.19. The molecule has 2 aromatic heterocycles. The molecule has 3 rings (SSSR count). The molecule has 3 heterocycles. The topological polar surface area (TPSA) is 44.9 Å². The Morgan fingerprint density at radius 1 is 1.46 bits per heavy atom. The second-order valence-corrected chi connectivity index (χ2v) is 7.97. The molecule has 130 valence electrons. The third kappa shape index (κ3) is 3.69. The van der Waals surface area contributed by atoms with Gasteiger partial charge in [-0.25, -0.2) is 4.98 Å². The van der Waals surface area contributed by atoms with Gasteiger partial charge in [0.25, 0.3) is 0 Å². The first kappa shape index (κ1) is 17.1. The van der Waals surface area contributed by atoms with Gasteiger partial charge < -0.3 is 14.6 Å². The summed E-state index contributed by atoms with van der Waals surface area (Å²) >= 11 is 2.08. The number of nitrogens with zero attached hydrogens (tertiary/aromatic N) is 4. The molecular weight excluding hydrogens is 318 g/mol. The number of nitrogens with one attached hydrogen (secondary N) is 1. The number of aliphatic imine (C=N–C) groups is 1. The van der Waals surface area contributed by atoms with Gasteiger partial charge in [-0.2, -0.15) is 11.8 Å². The highest BCUT2D eigenvalue weighted by Gasteiger charge is 2.24. The molecule has 0 spiro atoms. The molecule has 0 radical (unpaired) electrons. The van der Waals surface area contributed by atoms with E-state index in [1.807, 2.05) is 19.2 Å². The predicted molar refractivity (Wildman–Crippen MR) is 103 cm³/mol. The summed E-state index contributed by atoms with van der Waals surface area (Å²) < 4.78 is 2.13. The number of aryl methyl sites for hydroxylation is 1. The van der Waals surface area contributed by atoms with Gasteiger partial charge in [0, 0.05) is 43.0 Å². The lowest BCUT2D eigenvalue weighted by atomic mass is 10.1. The maximum atomic E-state index is 4.69. The molecule has 1 N–H and O–H groups in total. The van der Waals surface area contributed by atoms with Crippen LogP contribution in [0.25, 0.3) is 5.65 Å². The molecule has 1 aliphatic rings. The highest BCUT2D eigenvalue weighted by atomic mass is 32.2. The summed E-state index contributed by atoms with van der Waals surface area (Å²) in [6.45, 7) is 9.52. The standard InChI is InChI=1S/C18H27N5S/c1-13(2)16-12-22(8-9-24-16)18(19-4)20-10-15-11-23-14(3)6-5-7-17(23)21-15/h5-7,11,13,16H,8-10,12H2,1-4H3,(H,19,20). The fourth-order valence-electron chi connectivity index (χ4n) is 3.06. The minimum absolute atomic E-state index is 0.676. The second kappa shape index (κ2) is 7.47. The summed E-state index contributed by atoms with van der Waals surface area (Å²) in [4.78, 5) is 11.5. The summed E-state index contributed by atoms with van der Waals surface area (Å²) in [5.41, 5.74) is 3.23. The van der Waals surface area contributed by atoms with Gasteiger partial charge in [0.1, 0.15) is 5.65 Å². The van der Waals surface area contributed by atoms with Gasteiger partial charge in [-0.15, -0.1) is 0 Å². The van der Waals surface area contributed by atoms with Crippen LogP contribution in [0.1, 0.15) is 25.2 Å². The molecule has 1 unspecified atom stereocenters. The van der Waals surface area contributed by atoms with Gasteiger partial charge in [-0.3, -0.25) is 4.99 Å². The minimum Gasteiger partial charge on any atom is -0.351 e. The molecule has 2 aromatic rings. The Hall–Kier alpha value is -1.69. The molecular formula is C18H27N5S. The van der Waals surface area contributed by atoms with Crippen LogP contribution >= 0.6 is 11.8 Å². The monoisotopic (exact) mass is 345 g/mol. The van der Waals surface area contributed by atoms with Crippen LogP contribution < -0.4 is 5.32 Å². The van der Waals surface area contributed by atoms with E-state index in [1.54, 1.807) is 0 Å². The van der Waals surface area contributed by atoms with Crippen LogP contribution in [-0.2, 0) is 6.54 Å². The zero-order valence-corrected chi connectivity index (χ0v) is 15.8. The fraction of sp³-hybridized carbons (Fsp3) is 0.556. The Labute approximate surface area is 148 Å². The first-order valence-electron chi connectivity index (χ1n) is 8.59. The van der Waals surface area contributed by atoms with E-state index in [0.29, 0.717) is 17.7 Å². The lowest BCUT2D eigenvalue weighted by molar-refractivity contribution is 0.380. The van der Waals surface area contributed by atoms with Crippen molar-refractivity contribution < 1.29 is 0 Å². The number of imidazole rings is 1. The van der Waals surface area contributed by atoms with Crippen molar-refractivity contribution in [3.63, 3.8) is 0 Å². The van der Waals surface area contributed by atoms with Gasteiger partial charge in [0.15, 0.2) is 5.96 Å². The van der Waals surface area contributed by atoms with Crippen LogP contribution in [0.15, 0.2) is 29.4 Å². The van der Waals surface area contributed by atoms with E-state index in [2.05, 4.69) is 64.4 Å². The average Bonchev–Trinajstić information content (AvgIpc) is 3.00. The van der Waals surface area contributed by atoms with E-state index >= 15 is 0 Å². The Kier molecular flexibility index (Phi) is 5.33. The van der Waals surface area contributed by atoms with Crippen LogP contribution in [0, 0.1) is 12.8 Å². The van der Waals surface area contributed by atoms with E-state index in [4.69, 9.17) is 4.98 Å². The van der Waals surface area contributed by atoms with Crippen molar-refractivity contribution in [3.8, 4) is 0 Å². The first-order valence-corrected chi connectivity index (χ1v) is 9.64. The Bertz CT molecular complexity index is 721. The molecule has 1 fully saturated rings. The van der Waals surface area contributed by atoms with E-state index in [0.717, 1.165) is 36.1 Å². The summed E-state index contributed by atoms with van der Waals surface area (Å²) in [6.07, 6.45) is 2.11. The van der Waals surface area contributed by atoms with Gasteiger partial charge in [-0.1, -0.05) is 19.9 Å². The van der Waals surface area contributed by atoms with Gasteiger partial charge in [-0.05, 0) is 25.0 Å². The molecule has 0 amide bonds.